The van der Waals surface area contributed by atoms with E-state index in [1.54, 1.807) is 43.3 Å². The lowest BCUT2D eigenvalue weighted by Crippen LogP contribution is -2.29. The van der Waals surface area contributed by atoms with Gasteiger partial charge < -0.3 is 10.0 Å². The molecule has 1 aliphatic heterocycles. The van der Waals surface area contributed by atoms with E-state index in [4.69, 9.17) is 0 Å². The van der Waals surface area contributed by atoms with E-state index in [0.717, 1.165) is 10.5 Å². The number of ketones is 1. The number of hydrogen-bond acceptors (Lipinski definition) is 3. The average molecular weight is 467 g/mol. The highest BCUT2D eigenvalue weighted by molar-refractivity contribution is 6.00. The molecule has 1 saturated heterocycles. The number of Topliss-reactive ketones (excluding diaryl/α,β-unsaturated/α-hetero) is 1. The molecule has 0 radical (unpaired) electrons. The Kier molecular flexibility index (Phi) is 6.84. The number of aliphatic hydroxyl groups excluding tert-OH is 1. The maximum absolute atomic E-state index is 15.0. The molecule has 3 aromatic rings. The van der Waals surface area contributed by atoms with Crippen molar-refractivity contribution >= 4 is 17.4 Å². The van der Waals surface area contributed by atoms with E-state index in [1.807, 2.05) is 0 Å². The molecule has 176 valence electrons. The van der Waals surface area contributed by atoms with Crippen LogP contribution in [-0.2, 0) is 22.6 Å². The van der Waals surface area contributed by atoms with Crippen LogP contribution in [0.2, 0.25) is 0 Å². The Labute approximate surface area is 195 Å². The Balaban J connectivity index is 1.50. The minimum absolute atomic E-state index is 0.00982. The van der Waals surface area contributed by atoms with E-state index in [-0.39, 0.29) is 48.6 Å². The SMILES string of the molecule is Cc1ccc(CC(=O)C[C@@H]2CCN(c3ccc(-c4ccccc4CO)c(F)c3F)C2=O)c(F)c1. The van der Waals surface area contributed by atoms with E-state index in [0.29, 0.717) is 17.5 Å². The lowest BCUT2D eigenvalue weighted by atomic mass is 9.96. The van der Waals surface area contributed by atoms with Crippen molar-refractivity contribution in [2.45, 2.75) is 32.8 Å². The normalized spacial score (nSPS) is 15.7. The Morgan fingerprint density at radius 3 is 2.50 bits per heavy atom. The van der Waals surface area contributed by atoms with Gasteiger partial charge in [-0.3, -0.25) is 9.59 Å². The number of halogens is 3. The van der Waals surface area contributed by atoms with Crippen molar-refractivity contribution < 1.29 is 27.9 Å². The van der Waals surface area contributed by atoms with Gasteiger partial charge in [-0.05, 0) is 53.8 Å². The number of aliphatic hydroxyl groups is 1. The summed E-state index contributed by atoms with van der Waals surface area (Å²) in [6.07, 6.45) is 0.101. The molecule has 7 heteroatoms. The number of benzene rings is 3. The Morgan fingerprint density at radius 1 is 1.00 bits per heavy atom. The van der Waals surface area contributed by atoms with Crippen LogP contribution in [0.25, 0.3) is 11.1 Å². The fourth-order valence-electron chi connectivity index (χ4n) is 4.40. The molecule has 3 aromatic carbocycles. The van der Waals surface area contributed by atoms with Gasteiger partial charge in [-0.25, -0.2) is 13.2 Å². The van der Waals surface area contributed by atoms with Gasteiger partial charge in [0.25, 0.3) is 0 Å². The van der Waals surface area contributed by atoms with Gasteiger partial charge in [0.1, 0.15) is 11.6 Å². The van der Waals surface area contributed by atoms with Gasteiger partial charge >= 0.3 is 0 Å². The molecule has 1 fully saturated rings. The smallest absolute Gasteiger partial charge is 0.230 e. The molecule has 1 atom stereocenters. The lowest BCUT2D eigenvalue weighted by molar-refractivity contribution is -0.125. The van der Waals surface area contributed by atoms with Crippen LogP contribution < -0.4 is 4.90 Å². The molecule has 0 bridgehead atoms. The fourth-order valence-corrected chi connectivity index (χ4v) is 4.40. The number of anilines is 1. The minimum atomic E-state index is -1.16. The molecule has 0 spiro atoms. The molecule has 0 unspecified atom stereocenters. The number of carbonyl (C=O) groups is 2. The van der Waals surface area contributed by atoms with Crippen LogP contribution in [0.1, 0.15) is 29.5 Å². The van der Waals surface area contributed by atoms with Gasteiger partial charge in [-0.2, -0.15) is 0 Å². The van der Waals surface area contributed by atoms with Crippen molar-refractivity contribution in [1.29, 1.82) is 0 Å². The molecular formula is C27H24F3NO3. The van der Waals surface area contributed by atoms with E-state index in [9.17, 15) is 23.5 Å². The van der Waals surface area contributed by atoms with Gasteiger partial charge in [0.2, 0.25) is 5.91 Å². The maximum Gasteiger partial charge on any atom is 0.230 e. The molecule has 34 heavy (non-hydrogen) atoms. The number of amides is 1. The summed E-state index contributed by atoms with van der Waals surface area (Å²) < 4.78 is 44.1. The standard InChI is InChI=1S/C27H24F3NO3/c1-16-6-7-17(23(28)12-16)13-20(33)14-18-10-11-31(27(18)34)24-9-8-22(25(29)26(24)30)21-5-3-2-4-19(21)15-32/h2-9,12,18,32H,10-11,13-15H2,1H3/t18-/m0/s1. The van der Waals surface area contributed by atoms with Gasteiger partial charge in [0.15, 0.2) is 11.6 Å². The molecule has 0 saturated carbocycles. The summed E-state index contributed by atoms with van der Waals surface area (Å²) in [5.74, 6) is -4.15. The molecule has 0 aromatic heterocycles. The van der Waals surface area contributed by atoms with E-state index >= 15 is 4.39 Å². The summed E-state index contributed by atoms with van der Waals surface area (Å²) in [5.41, 5.74) is 1.64. The zero-order chi connectivity index (χ0) is 24.4. The molecule has 4 rings (SSSR count). The summed E-state index contributed by atoms with van der Waals surface area (Å²) >= 11 is 0. The number of rotatable bonds is 7. The molecular weight excluding hydrogens is 443 g/mol. The molecule has 1 N–H and O–H groups in total. The van der Waals surface area contributed by atoms with Gasteiger partial charge in [-0.15, -0.1) is 0 Å². The first-order valence-corrected chi connectivity index (χ1v) is 11.1. The Morgan fingerprint density at radius 2 is 1.76 bits per heavy atom. The number of aryl methyl sites for hydroxylation is 1. The van der Waals surface area contributed by atoms with Crippen LogP contribution in [0.5, 0.6) is 0 Å². The maximum atomic E-state index is 15.0. The van der Waals surface area contributed by atoms with Crippen LogP contribution in [0, 0.1) is 30.3 Å². The second-order valence-electron chi connectivity index (χ2n) is 8.57. The largest absolute Gasteiger partial charge is 0.392 e. The van der Waals surface area contributed by atoms with Crippen LogP contribution in [-0.4, -0.2) is 23.3 Å². The van der Waals surface area contributed by atoms with Gasteiger partial charge in [0, 0.05) is 30.9 Å². The molecule has 1 heterocycles. The van der Waals surface area contributed by atoms with Crippen molar-refractivity contribution in [2.24, 2.45) is 5.92 Å². The quantitative estimate of drug-likeness (QED) is 0.524. The average Bonchev–Trinajstić information content (AvgIpc) is 3.17. The highest BCUT2D eigenvalue weighted by atomic mass is 19.2. The van der Waals surface area contributed by atoms with Crippen molar-refractivity contribution in [2.75, 3.05) is 11.4 Å². The first-order valence-electron chi connectivity index (χ1n) is 11.1. The van der Waals surface area contributed by atoms with E-state index < -0.39 is 29.3 Å². The predicted octanol–water partition coefficient (Wildman–Crippen LogP) is 5.13. The zero-order valence-electron chi connectivity index (χ0n) is 18.7. The van der Waals surface area contributed by atoms with Crippen molar-refractivity contribution in [1.82, 2.24) is 0 Å². The molecule has 1 aliphatic rings. The highest BCUT2D eigenvalue weighted by Crippen LogP contribution is 2.35. The first-order chi connectivity index (χ1) is 16.3. The topological polar surface area (TPSA) is 57.6 Å². The molecule has 4 nitrogen and oxygen atoms in total. The third-order valence-corrected chi connectivity index (χ3v) is 6.22. The predicted molar refractivity (Wildman–Crippen MR) is 123 cm³/mol. The monoisotopic (exact) mass is 467 g/mol. The van der Waals surface area contributed by atoms with Crippen LogP contribution in [0.4, 0.5) is 18.9 Å². The lowest BCUT2D eigenvalue weighted by Gasteiger charge is -2.19. The highest BCUT2D eigenvalue weighted by Gasteiger charge is 2.36. The second kappa shape index (κ2) is 9.81. The van der Waals surface area contributed by atoms with Gasteiger partial charge in [-0.1, -0.05) is 36.4 Å². The summed E-state index contributed by atoms with van der Waals surface area (Å²) in [6.45, 7) is 1.57. The summed E-state index contributed by atoms with van der Waals surface area (Å²) in [5, 5.41) is 9.51. The third kappa shape index (κ3) is 4.61. The number of hydrogen-bond donors (Lipinski definition) is 1. The number of carbonyl (C=O) groups excluding carboxylic acids is 2. The summed E-state index contributed by atoms with van der Waals surface area (Å²) in [6, 6.07) is 13.9. The summed E-state index contributed by atoms with van der Waals surface area (Å²) in [7, 11) is 0. The number of nitrogens with zero attached hydrogens (tertiary/aromatic N) is 1. The fraction of sp³-hybridized carbons (Fsp3) is 0.259. The minimum Gasteiger partial charge on any atom is -0.392 e. The van der Waals surface area contributed by atoms with Gasteiger partial charge in [0.05, 0.1) is 12.3 Å². The second-order valence-corrected chi connectivity index (χ2v) is 8.57. The summed E-state index contributed by atoms with van der Waals surface area (Å²) in [4.78, 5) is 26.5. The van der Waals surface area contributed by atoms with Crippen molar-refractivity contribution in [3.63, 3.8) is 0 Å². The van der Waals surface area contributed by atoms with Crippen LogP contribution in [0.15, 0.2) is 54.6 Å². The van der Waals surface area contributed by atoms with E-state index in [2.05, 4.69) is 0 Å². The zero-order valence-corrected chi connectivity index (χ0v) is 18.7. The third-order valence-electron chi connectivity index (χ3n) is 6.22. The Bertz CT molecular complexity index is 1260. The van der Waals surface area contributed by atoms with Crippen LogP contribution in [0.3, 0.4) is 0 Å². The van der Waals surface area contributed by atoms with Crippen molar-refractivity contribution in [3.05, 3.63) is 88.7 Å². The van der Waals surface area contributed by atoms with E-state index in [1.165, 1.54) is 18.2 Å². The van der Waals surface area contributed by atoms with Crippen LogP contribution >= 0.6 is 0 Å². The first kappa shape index (κ1) is 23.7. The Hall–Kier alpha value is -3.45. The molecule has 0 aliphatic carbocycles. The molecule has 1 amide bonds. The van der Waals surface area contributed by atoms with Crippen molar-refractivity contribution in [3.8, 4) is 11.1 Å².